The molecule has 1 heterocycles. The molecule has 3 nitrogen and oxygen atoms in total. The molecule has 1 aromatic heterocycles. The van der Waals surface area contributed by atoms with Crippen LogP contribution in [0.3, 0.4) is 0 Å². The molecule has 0 aliphatic rings. The Morgan fingerprint density at radius 3 is 2.90 bits per heavy atom. The Labute approximate surface area is 125 Å². The van der Waals surface area contributed by atoms with E-state index >= 15 is 0 Å². The van der Waals surface area contributed by atoms with Crippen LogP contribution in [0.4, 0.5) is 0 Å². The lowest BCUT2D eigenvalue weighted by atomic mass is 10.1. The van der Waals surface area contributed by atoms with Crippen LogP contribution < -0.4 is 10.1 Å². The number of H-pyrrole nitrogens is 1. The predicted octanol–water partition coefficient (Wildman–Crippen LogP) is 4.03. The van der Waals surface area contributed by atoms with E-state index in [9.17, 15) is 0 Å². The first-order chi connectivity index (χ1) is 10.3. The zero-order valence-electron chi connectivity index (χ0n) is 12.4. The molecule has 0 fully saturated rings. The van der Waals surface area contributed by atoms with E-state index < -0.39 is 0 Å². The van der Waals surface area contributed by atoms with Crippen molar-refractivity contribution in [2.24, 2.45) is 0 Å². The molecule has 0 bridgehead atoms. The van der Waals surface area contributed by atoms with Crippen LogP contribution in [-0.2, 0) is 6.54 Å². The molecule has 0 aliphatic heterocycles. The average Bonchev–Trinajstić information content (AvgIpc) is 3.00. The first-order valence-corrected chi connectivity index (χ1v) is 7.19. The van der Waals surface area contributed by atoms with Crippen LogP contribution in [-0.4, -0.2) is 12.1 Å². The number of methoxy groups -OCH3 is 1. The van der Waals surface area contributed by atoms with Gasteiger partial charge in [0, 0.05) is 24.3 Å². The predicted molar refractivity (Wildman–Crippen MR) is 86.5 cm³/mol. The van der Waals surface area contributed by atoms with Gasteiger partial charge in [-0.2, -0.15) is 0 Å². The topological polar surface area (TPSA) is 37.0 Å². The molecule has 2 aromatic carbocycles. The highest BCUT2D eigenvalue weighted by Crippen LogP contribution is 2.20. The number of ether oxygens (including phenoxy) is 1. The summed E-state index contributed by atoms with van der Waals surface area (Å²) in [6.07, 6.45) is 1.97. The van der Waals surface area contributed by atoms with E-state index in [4.69, 9.17) is 4.74 Å². The van der Waals surface area contributed by atoms with E-state index in [0.717, 1.165) is 12.3 Å². The number of hydrogen-bond donors (Lipinski definition) is 2. The van der Waals surface area contributed by atoms with E-state index in [1.54, 1.807) is 7.11 Å². The second kappa shape index (κ2) is 6.02. The fourth-order valence-corrected chi connectivity index (χ4v) is 2.50. The van der Waals surface area contributed by atoms with Gasteiger partial charge in [-0.15, -0.1) is 0 Å². The van der Waals surface area contributed by atoms with Gasteiger partial charge in [0.2, 0.25) is 0 Å². The zero-order valence-corrected chi connectivity index (χ0v) is 12.4. The fraction of sp³-hybridized carbons (Fsp3) is 0.222. The second-order valence-electron chi connectivity index (χ2n) is 5.28. The Morgan fingerprint density at radius 1 is 1.14 bits per heavy atom. The summed E-state index contributed by atoms with van der Waals surface area (Å²) in [4.78, 5) is 3.25. The molecule has 0 aliphatic carbocycles. The van der Waals surface area contributed by atoms with Crippen molar-refractivity contribution >= 4 is 10.9 Å². The van der Waals surface area contributed by atoms with Crippen LogP contribution in [0.15, 0.2) is 54.7 Å². The maximum absolute atomic E-state index is 5.28. The molecule has 3 heteroatoms. The normalized spacial score (nSPS) is 12.5. The molecule has 0 unspecified atom stereocenters. The van der Waals surface area contributed by atoms with Crippen molar-refractivity contribution < 1.29 is 4.74 Å². The van der Waals surface area contributed by atoms with Gasteiger partial charge in [-0.25, -0.2) is 0 Å². The minimum absolute atomic E-state index is 0.277. The quantitative estimate of drug-likeness (QED) is 0.740. The molecule has 3 aromatic rings. The lowest BCUT2D eigenvalue weighted by Gasteiger charge is -2.15. The van der Waals surface area contributed by atoms with Gasteiger partial charge in [0.05, 0.1) is 7.11 Å². The van der Waals surface area contributed by atoms with E-state index in [-0.39, 0.29) is 6.04 Å². The molecule has 3 rings (SSSR count). The molecule has 0 spiro atoms. The highest BCUT2D eigenvalue weighted by molar-refractivity contribution is 5.79. The van der Waals surface area contributed by atoms with Crippen molar-refractivity contribution in [1.29, 1.82) is 0 Å². The monoisotopic (exact) mass is 280 g/mol. The minimum atomic E-state index is 0.277. The molecule has 0 saturated carbocycles. The van der Waals surface area contributed by atoms with Crippen LogP contribution in [0.5, 0.6) is 5.75 Å². The second-order valence-corrected chi connectivity index (χ2v) is 5.28. The van der Waals surface area contributed by atoms with Crippen LogP contribution in [0, 0.1) is 0 Å². The van der Waals surface area contributed by atoms with Crippen LogP contribution >= 0.6 is 0 Å². The molecule has 108 valence electrons. The lowest BCUT2D eigenvalue weighted by Crippen LogP contribution is -2.18. The summed E-state index contributed by atoms with van der Waals surface area (Å²) in [6, 6.07) is 17.1. The standard InChI is InChI=1S/C18H20N2O/c1-13(16-4-3-5-17(11-16)21-2)20-12-14-6-7-15-8-9-19-18(15)10-14/h3-11,13,19-20H,12H2,1-2H3/t13-/m0/s1. The van der Waals surface area contributed by atoms with Gasteiger partial charge in [0.1, 0.15) is 5.75 Å². The zero-order chi connectivity index (χ0) is 14.7. The van der Waals surface area contributed by atoms with Gasteiger partial charge in [-0.1, -0.05) is 24.3 Å². The number of rotatable bonds is 5. The third kappa shape index (κ3) is 3.09. The number of aromatic amines is 1. The van der Waals surface area contributed by atoms with Crippen molar-refractivity contribution in [2.45, 2.75) is 19.5 Å². The van der Waals surface area contributed by atoms with Gasteiger partial charge in [-0.3, -0.25) is 0 Å². The van der Waals surface area contributed by atoms with Gasteiger partial charge >= 0.3 is 0 Å². The highest BCUT2D eigenvalue weighted by atomic mass is 16.5. The number of hydrogen-bond acceptors (Lipinski definition) is 2. The largest absolute Gasteiger partial charge is 0.497 e. The van der Waals surface area contributed by atoms with Crippen LogP contribution in [0.25, 0.3) is 10.9 Å². The Bertz CT molecular complexity index is 733. The summed E-state index contributed by atoms with van der Waals surface area (Å²) in [5, 5.41) is 4.80. The summed E-state index contributed by atoms with van der Waals surface area (Å²) in [5.41, 5.74) is 3.69. The van der Waals surface area contributed by atoms with Gasteiger partial charge in [0.15, 0.2) is 0 Å². The van der Waals surface area contributed by atoms with Gasteiger partial charge < -0.3 is 15.0 Å². The smallest absolute Gasteiger partial charge is 0.119 e. The van der Waals surface area contributed by atoms with E-state index in [1.165, 1.54) is 22.0 Å². The Balaban J connectivity index is 1.68. The van der Waals surface area contributed by atoms with E-state index in [2.05, 4.69) is 53.6 Å². The molecule has 1 atom stereocenters. The summed E-state index contributed by atoms with van der Waals surface area (Å²) in [6.45, 7) is 3.01. The van der Waals surface area contributed by atoms with Crippen LogP contribution in [0.2, 0.25) is 0 Å². The van der Waals surface area contributed by atoms with E-state index in [0.29, 0.717) is 0 Å². The maximum atomic E-state index is 5.28. The van der Waals surface area contributed by atoms with Crippen molar-refractivity contribution in [1.82, 2.24) is 10.3 Å². The van der Waals surface area contributed by atoms with E-state index in [1.807, 2.05) is 18.3 Å². The average molecular weight is 280 g/mol. The number of aromatic nitrogens is 1. The Morgan fingerprint density at radius 2 is 2.05 bits per heavy atom. The van der Waals surface area contributed by atoms with Crippen molar-refractivity contribution in [3.05, 3.63) is 65.9 Å². The molecule has 0 amide bonds. The number of fused-ring (bicyclic) bond motifs is 1. The summed E-state index contributed by atoms with van der Waals surface area (Å²) >= 11 is 0. The van der Waals surface area contributed by atoms with Gasteiger partial charge in [-0.05, 0) is 47.7 Å². The molecule has 0 radical (unpaired) electrons. The molecule has 21 heavy (non-hydrogen) atoms. The van der Waals surface area contributed by atoms with Crippen molar-refractivity contribution in [2.75, 3.05) is 7.11 Å². The molecule has 2 N–H and O–H groups in total. The lowest BCUT2D eigenvalue weighted by molar-refractivity contribution is 0.413. The maximum Gasteiger partial charge on any atom is 0.119 e. The first kappa shape index (κ1) is 13.7. The van der Waals surface area contributed by atoms with Gasteiger partial charge in [0.25, 0.3) is 0 Å². The highest BCUT2D eigenvalue weighted by Gasteiger charge is 2.06. The summed E-state index contributed by atoms with van der Waals surface area (Å²) < 4.78 is 5.28. The number of benzene rings is 2. The summed E-state index contributed by atoms with van der Waals surface area (Å²) in [5.74, 6) is 0.897. The Hall–Kier alpha value is -2.26. The minimum Gasteiger partial charge on any atom is -0.497 e. The third-order valence-electron chi connectivity index (χ3n) is 3.83. The molecule has 0 saturated heterocycles. The first-order valence-electron chi connectivity index (χ1n) is 7.19. The SMILES string of the molecule is COc1cccc([C@H](C)NCc2ccc3cc[nH]c3c2)c1. The molecular weight excluding hydrogens is 260 g/mol. The van der Waals surface area contributed by atoms with Crippen molar-refractivity contribution in [3.63, 3.8) is 0 Å². The Kier molecular flexibility index (Phi) is 3.93. The van der Waals surface area contributed by atoms with Crippen molar-refractivity contribution in [3.8, 4) is 5.75 Å². The molecular formula is C18H20N2O. The van der Waals surface area contributed by atoms with Crippen LogP contribution in [0.1, 0.15) is 24.1 Å². The fourth-order valence-electron chi connectivity index (χ4n) is 2.50. The number of nitrogens with one attached hydrogen (secondary N) is 2. The third-order valence-corrected chi connectivity index (χ3v) is 3.83. The summed E-state index contributed by atoms with van der Waals surface area (Å²) in [7, 11) is 1.70.